The van der Waals surface area contributed by atoms with Crippen molar-refractivity contribution in [3.05, 3.63) is 56.5 Å². The summed E-state index contributed by atoms with van der Waals surface area (Å²) in [5.41, 5.74) is 1.89. The molecule has 2 aromatic carbocycles. The molecule has 5 heteroatoms. The van der Waals surface area contributed by atoms with E-state index in [1.807, 2.05) is 37.3 Å². The summed E-state index contributed by atoms with van der Waals surface area (Å²) in [4.78, 5) is 0. The largest absolute Gasteiger partial charge is 0.495 e. The third-order valence-electron chi connectivity index (χ3n) is 2.96. The van der Waals surface area contributed by atoms with Gasteiger partial charge >= 0.3 is 0 Å². The quantitative estimate of drug-likeness (QED) is 0.715. The number of halogens is 3. The number of benzene rings is 2. The van der Waals surface area contributed by atoms with Crippen LogP contribution in [0.5, 0.6) is 5.75 Å². The molecule has 2 aromatic rings. The van der Waals surface area contributed by atoms with Gasteiger partial charge in [-0.05, 0) is 42.8 Å². The van der Waals surface area contributed by atoms with Crippen LogP contribution in [-0.4, -0.2) is 7.11 Å². The summed E-state index contributed by atoms with van der Waals surface area (Å²) in [7, 11) is 1.65. The molecule has 0 saturated carbocycles. The van der Waals surface area contributed by atoms with E-state index >= 15 is 0 Å². The van der Waals surface area contributed by atoms with Crippen LogP contribution >= 0.6 is 39.1 Å². The van der Waals surface area contributed by atoms with Crippen LogP contribution in [0.1, 0.15) is 18.5 Å². The maximum Gasteiger partial charge on any atom is 0.142 e. The molecule has 0 aliphatic carbocycles. The molecule has 0 radical (unpaired) electrons. The average Bonchev–Trinajstić information content (AvgIpc) is 2.38. The lowest BCUT2D eigenvalue weighted by molar-refractivity contribution is 0.416. The lowest BCUT2D eigenvalue weighted by Gasteiger charge is -2.19. The zero-order valence-corrected chi connectivity index (χ0v) is 14.2. The molecule has 20 heavy (non-hydrogen) atoms. The van der Waals surface area contributed by atoms with Crippen LogP contribution in [0.2, 0.25) is 10.0 Å². The highest BCUT2D eigenvalue weighted by Gasteiger charge is 2.12. The van der Waals surface area contributed by atoms with E-state index in [9.17, 15) is 0 Å². The number of nitrogens with one attached hydrogen (secondary N) is 1. The van der Waals surface area contributed by atoms with Crippen LogP contribution < -0.4 is 10.1 Å². The van der Waals surface area contributed by atoms with E-state index in [2.05, 4.69) is 21.2 Å². The molecule has 106 valence electrons. The minimum absolute atomic E-state index is 0.0305. The third-order valence-corrected chi connectivity index (χ3v) is 4.02. The van der Waals surface area contributed by atoms with Crippen LogP contribution in [0.4, 0.5) is 5.69 Å². The minimum atomic E-state index is 0.0305. The average molecular weight is 375 g/mol. The first-order chi connectivity index (χ1) is 9.51. The second kappa shape index (κ2) is 6.70. The first-order valence-corrected chi connectivity index (χ1v) is 7.61. The maximum absolute atomic E-state index is 6.23. The van der Waals surface area contributed by atoms with E-state index in [1.165, 1.54) is 0 Å². The third kappa shape index (κ3) is 3.60. The topological polar surface area (TPSA) is 21.3 Å². The standard InChI is InChI=1S/C15H14BrCl2NO/c1-9(12-5-4-11(17)8-13(12)18)19-14-7-10(16)3-6-15(14)20-2/h3-9,19H,1-2H3. The molecule has 0 bridgehead atoms. The molecule has 0 aliphatic heterocycles. The monoisotopic (exact) mass is 373 g/mol. The Hall–Kier alpha value is -0.900. The molecule has 0 aliphatic rings. The Bertz CT molecular complexity index is 619. The minimum Gasteiger partial charge on any atom is -0.495 e. The normalized spacial score (nSPS) is 12.1. The van der Waals surface area contributed by atoms with E-state index in [0.717, 1.165) is 21.5 Å². The van der Waals surface area contributed by atoms with Crippen LogP contribution in [0.15, 0.2) is 40.9 Å². The number of hydrogen-bond donors (Lipinski definition) is 1. The highest BCUT2D eigenvalue weighted by atomic mass is 79.9. The first kappa shape index (κ1) is 15.5. The highest BCUT2D eigenvalue weighted by molar-refractivity contribution is 9.10. The van der Waals surface area contributed by atoms with Gasteiger partial charge in [-0.3, -0.25) is 0 Å². The Morgan fingerprint density at radius 2 is 1.90 bits per heavy atom. The second-order valence-electron chi connectivity index (χ2n) is 4.38. The van der Waals surface area contributed by atoms with Gasteiger partial charge in [0, 0.05) is 14.5 Å². The van der Waals surface area contributed by atoms with Crippen molar-refractivity contribution in [1.29, 1.82) is 0 Å². The van der Waals surface area contributed by atoms with Gasteiger partial charge in [0.15, 0.2) is 0 Å². The van der Waals surface area contributed by atoms with Gasteiger partial charge in [-0.25, -0.2) is 0 Å². The van der Waals surface area contributed by atoms with Gasteiger partial charge in [-0.15, -0.1) is 0 Å². The molecule has 1 unspecified atom stereocenters. The highest BCUT2D eigenvalue weighted by Crippen LogP contribution is 2.33. The van der Waals surface area contributed by atoms with E-state index in [0.29, 0.717) is 10.0 Å². The fourth-order valence-electron chi connectivity index (χ4n) is 1.96. The Labute approximate surface area is 137 Å². The summed E-state index contributed by atoms with van der Waals surface area (Å²) in [6.45, 7) is 2.04. The van der Waals surface area contributed by atoms with Crippen molar-refractivity contribution in [2.45, 2.75) is 13.0 Å². The van der Waals surface area contributed by atoms with Gasteiger partial charge in [0.1, 0.15) is 5.75 Å². The molecule has 1 N–H and O–H groups in total. The van der Waals surface area contributed by atoms with Crippen LogP contribution in [0, 0.1) is 0 Å². The summed E-state index contributed by atoms with van der Waals surface area (Å²) >= 11 is 15.6. The summed E-state index contributed by atoms with van der Waals surface area (Å²) in [5, 5.41) is 4.67. The molecule has 0 amide bonds. The molecule has 2 nitrogen and oxygen atoms in total. The number of anilines is 1. The first-order valence-electron chi connectivity index (χ1n) is 6.06. The molecule has 0 saturated heterocycles. The number of rotatable bonds is 4. The molecule has 2 rings (SSSR count). The zero-order chi connectivity index (χ0) is 14.7. The Morgan fingerprint density at radius 1 is 1.15 bits per heavy atom. The molecular weight excluding hydrogens is 361 g/mol. The fourth-order valence-corrected chi connectivity index (χ4v) is 2.89. The lowest BCUT2D eigenvalue weighted by Crippen LogP contribution is -2.08. The van der Waals surface area contributed by atoms with Gasteiger partial charge in [0.25, 0.3) is 0 Å². The van der Waals surface area contributed by atoms with Gasteiger partial charge in [-0.2, -0.15) is 0 Å². The molecule has 0 spiro atoms. The molecular formula is C15H14BrCl2NO. The SMILES string of the molecule is COc1ccc(Br)cc1NC(C)c1ccc(Cl)cc1Cl. The number of methoxy groups -OCH3 is 1. The Morgan fingerprint density at radius 3 is 2.55 bits per heavy atom. The molecule has 0 fully saturated rings. The smallest absolute Gasteiger partial charge is 0.142 e. The van der Waals surface area contributed by atoms with Crippen molar-refractivity contribution in [2.24, 2.45) is 0 Å². The molecule has 0 aromatic heterocycles. The van der Waals surface area contributed by atoms with Crippen molar-refractivity contribution in [3.63, 3.8) is 0 Å². The predicted molar refractivity (Wildman–Crippen MR) is 89.2 cm³/mol. The van der Waals surface area contributed by atoms with Crippen LogP contribution in [0.3, 0.4) is 0 Å². The van der Waals surface area contributed by atoms with Crippen molar-refractivity contribution >= 4 is 44.8 Å². The van der Waals surface area contributed by atoms with Crippen molar-refractivity contribution in [1.82, 2.24) is 0 Å². The summed E-state index contributed by atoms with van der Waals surface area (Å²) in [6, 6.07) is 11.3. The van der Waals surface area contributed by atoms with Gasteiger partial charge in [0.2, 0.25) is 0 Å². The Kier molecular flexibility index (Phi) is 5.19. The van der Waals surface area contributed by atoms with E-state index in [-0.39, 0.29) is 6.04 Å². The van der Waals surface area contributed by atoms with Gasteiger partial charge in [0.05, 0.1) is 18.8 Å². The fraction of sp³-hybridized carbons (Fsp3) is 0.200. The van der Waals surface area contributed by atoms with Gasteiger partial charge < -0.3 is 10.1 Å². The van der Waals surface area contributed by atoms with Crippen molar-refractivity contribution < 1.29 is 4.74 Å². The van der Waals surface area contributed by atoms with Crippen LogP contribution in [0.25, 0.3) is 0 Å². The second-order valence-corrected chi connectivity index (χ2v) is 6.14. The zero-order valence-electron chi connectivity index (χ0n) is 11.1. The van der Waals surface area contributed by atoms with Crippen molar-refractivity contribution in [3.8, 4) is 5.75 Å². The van der Waals surface area contributed by atoms with Gasteiger partial charge in [-0.1, -0.05) is 45.2 Å². The number of ether oxygens (including phenoxy) is 1. The summed E-state index contributed by atoms with van der Waals surface area (Å²) in [6.07, 6.45) is 0. The van der Waals surface area contributed by atoms with E-state index in [1.54, 1.807) is 13.2 Å². The predicted octanol–water partition coefficient (Wildman–Crippen LogP) is 5.94. The Balaban J connectivity index is 2.27. The molecule has 1 atom stereocenters. The molecule has 0 heterocycles. The van der Waals surface area contributed by atoms with E-state index < -0.39 is 0 Å². The van der Waals surface area contributed by atoms with Crippen LogP contribution in [-0.2, 0) is 0 Å². The summed E-state index contributed by atoms with van der Waals surface area (Å²) in [5.74, 6) is 0.783. The van der Waals surface area contributed by atoms with Crippen molar-refractivity contribution in [2.75, 3.05) is 12.4 Å². The number of hydrogen-bond acceptors (Lipinski definition) is 2. The lowest BCUT2D eigenvalue weighted by atomic mass is 10.1. The summed E-state index contributed by atoms with van der Waals surface area (Å²) < 4.78 is 6.33. The maximum atomic E-state index is 6.23. The van der Waals surface area contributed by atoms with E-state index in [4.69, 9.17) is 27.9 Å².